The summed E-state index contributed by atoms with van der Waals surface area (Å²) in [6, 6.07) is 12.1. The Kier molecular flexibility index (Phi) is 5.73. The fraction of sp³-hybridized carbons (Fsp3) is 0.350. The second kappa shape index (κ2) is 8.19. The lowest BCUT2D eigenvalue weighted by Crippen LogP contribution is -2.34. The number of ether oxygens (including phenoxy) is 2. The summed E-state index contributed by atoms with van der Waals surface area (Å²) >= 11 is 0. The first kappa shape index (κ1) is 18.2. The Morgan fingerprint density at radius 2 is 1.88 bits per heavy atom. The molecule has 0 heterocycles. The van der Waals surface area contributed by atoms with Gasteiger partial charge in [-0.25, -0.2) is 4.39 Å². The first-order valence-corrected chi connectivity index (χ1v) is 8.59. The van der Waals surface area contributed by atoms with Crippen molar-refractivity contribution >= 4 is 11.6 Å². The molecule has 2 aromatic rings. The van der Waals surface area contributed by atoms with Gasteiger partial charge in [0.2, 0.25) is 5.91 Å². The first-order chi connectivity index (χ1) is 12.6. The number of halogens is 1. The van der Waals surface area contributed by atoms with Crippen LogP contribution in [0.15, 0.2) is 42.5 Å². The molecule has 6 heteroatoms. The van der Waals surface area contributed by atoms with Crippen molar-refractivity contribution in [2.45, 2.75) is 25.4 Å². The number of hydrogen-bond acceptors (Lipinski definition) is 4. The van der Waals surface area contributed by atoms with Gasteiger partial charge >= 0.3 is 0 Å². The number of nitrogens with zero attached hydrogens (tertiary/aromatic N) is 1. The zero-order chi connectivity index (χ0) is 18.5. The van der Waals surface area contributed by atoms with Crippen molar-refractivity contribution < 1.29 is 18.7 Å². The van der Waals surface area contributed by atoms with E-state index in [-0.39, 0.29) is 18.3 Å². The topological polar surface area (TPSA) is 50.8 Å². The highest BCUT2D eigenvalue weighted by Gasteiger charge is 2.30. The molecule has 0 bridgehead atoms. The maximum Gasteiger partial charge on any atom is 0.238 e. The summed E-state index contributed by atoms with van der Waals surface area (Å²) in [5, 5.41) is 2.90. The molecule has 1 aliphatic carbocycles. The van der Waals surface area contributed by atoms with Gasteiger partial charge in [0.15, 0.2) is 0 Å². The molecule has 0 radical (unpaired) electrons. The Balaban J connectivity index is 1.64. The summed E-state index contributed by atoms with van der Waals surface area (Å²) in [5.74, 6) is 0.850. The summed E-state index contributed by atoms with van der Waals surface area (Å²) in [4.78, 5) is 14.6. The van der Waals surface area contributed by atoms with Crippen molar-refractivity contribution in [1.29, 1.82) is 0 Å². The largest absolute Gasteiger partial charge is 0.497 e. The molecule has 5 nitrogen and oxygen atoms in total. The van der Waals surface area contributed by atoms with E-state index in [1.165, 1.54) is 12.1 Å². The van der Waals surface area contributed by atoms with E-state index in [1.807, 2.05) is 0 Å². The molecule has 0 aromatic heterocycles. The smallest absolute Gasteiger partial charge is 0.238 e. The molecule has 138 valence electrons. The van der Waals surface area contributed by atoms with Crippen LogP contribution in [0, 0.1) is 5.82 Å². The number of carbonyl (C=O) groups excluding carboxylic acids is 1. The van der Waals surface area contributed by atoms with Gasteiger partial charge in [-0.1, -0.05) is 12.1 Å². The van der Waals surface area contributed by atoms with Gasteiger partial charge in [0, 0.05) is 18.7 Å². The molecule has 0 saturated heterocycles. The van der Waals surface area contributed by atoms with Gasteiger partial charge in [0.25, 0.3) is 0 Å². The fourth-order valence-electron chi connectivity index (χ4n) is 2.85. The molecule has 1 saturated carbocycles. The predicted octanol–water partition coefficient (Wildman–Crippen LogP) is 3.45. The molecule has 1 aliphatic rings. The zero-order valence-corrected chi connectivity index (χ0v) is 15.0. The van der Waals surface area contributed by atoms with E-state index >= 15 is 0 Å². The number of nitrogens with one attached hydrogen (secondary N) is 1. The number of benzene rings is 2. The van der Waals surface area contributed by atoms with Crippen LogP contribution in [0.2, 0.25) is 0 Å². The minimum atomic E-state index is -0.254. The Morgan fingerprint density at radius 3 is 2.50 bits per heavy atom. The molecule has 0 spiro atoms. The zero-order valence-electron chi connectivity index (χ0n) is 15.0. The molecular weight excluding hydrogens is 335 g/mol. The van der Waals surface area contributed by atoms with Crippen molar-refractivity contribution in [3.05, 3.63) is 53.8 Å². The molecule has 26 heavy (non-hydrogen) atoms. The minimum absolute atomic E-state index is 0.109. The molecule has 0 atom stereocenters. The van der Waals surface area contributed by atoms with Gasteiger partial charge in [-0.2, -0.15) is 0 Å². The van der Waals surface area contributed by atoms with Crippen LogP contribution in [-0.4, -0.2) is 37.6 Å². The summed E-state index contributed by atoms with van der Waals surface area (Å²) in [6.45, 7) is 0.898. The second-order valence-electron chi connectivity index (χ2n) is 6.38. The maximum absolute atomic E-state index is 13.1. The number of methoxy groups -OCH3 is 2. The van der Waals surface area contributed by atoms with Crippen LogP contribution in [0.4, 0.5) is 10.1 Å². The van der Waals surface area contributed by atoms with E-state index in [1.54, 1.807) is 44.6 Å². The highest BCUT2D eigenvalue weighted by Crippen LogP contribution is 2.30. The molecule has 0 unspecified atom stereocenters. The average molecular weight is 358 g/mol. The highest BCUT2D eigenvalue weighted by molar-refractivity contribution is 5.93. The number of rotatable bonds is 8. The number of hydrogen-bond donors (Lipinski definition) is 1. The lowest BCUT2D eigenvalue weighted by molar-refractivity contribution is -0.117. The molecule has 1 amide bonds. The van der Waals surface area contributed by atoms with Crippen LogP contribution >= 0.6 is 0 Å². The monoisotopic (exact) mass is 358 g/mol. The van der Waals surface area contributed by atoms with E-state index in [0.29, 0.717) is 29.8 Å². The van der Waals surface area contributed by atoms with Gasteiger partial charge < -0.3 is 14.8 Å². The fourth-order valence-corrected chi connectivity index (χ4v) is 2.85. The number of anilines is 1. The van der Waals surface area contributed by atoms with Gasteiger partial charge in [0.1, 0.15) is 17.3 Å². The number of amides is 1. The van der Waals surface area contributed by atoms with Crippen molar-refractivity contribution in [2.24, 2.45) is 0 Å². The maximum atomic E-state index is 13.1. The van der Waals surface area contributed by atoms with Gasteiger partial charge in [-0.3, -0.25) is 9.69 Å². The van der Waals surface area contributed by atoms with Gasteiger partial charge in [-0.15, -0.1) is 0 Å². The van der Waals surface area contributed by atoms with Gasteiger partial charge in [-0.05, 0) is 42.7 Å². The SMILES string of the molecule is COc1ccc(NC(=O)CN(Cc2ccc(F)cc2)C2CC2)c(OC)c1. The molecule has 0 aliphatic heterocycles. The molecule has 1 fully saturated rings. The minimum Gasteiger partial charge on any atom is -0.497 e. The van der Waals surface area contributed by atoms with E-state index in [9.17, 15) is 9.18 Å². The van der Waals surface area contributed by atoms with Crippen LogP contribution in [0.3, 0.4) is 0 Å². The highest BCUT2D eigenvalue weighted by atomic mass is 19.1. The van der Waals surface area contributed by atoms with E-state index < -0.39 is 0 Å². The van der Waals surface area contributed by atoms with Gasteiger partial charge in [0.05, 0.1) is 26.5 Å². The van der Waals surface area contributed by atoms with Crippen molar-refractivity contribution in [1.82, 2.24) is 4.90 Å². The molecular formula is C20H23FN2O3. The normalized spacial score (nSPS) is 13.5. The molecule has 2 aromatic carbocycles. The Hall–Kier alpha value is -2.60. The Labute approximate surface area is 152 Å². The lowest BCUT2D eigenvalue weighted by atomic mass is 10.2. The van der Waals surface area contributed by atoms with Crippen LogP contribution in [-0.2, 0) is 11.3 Å². The van der Waals surface area contributed by atoms with Crippen molar-refractivity contribution in [3.63, 3.8) is 0 Å². The number of carbonyl (C=O) groups is 1. The summed E-state index contributed by atoms with van der Waals surface area (Å²) in [6.07, 6.45) is 2.17. The molecule has 3 rings (SSSR count). The molecule has 1 N–H and O–H groups in total. The van der Waals surface area contributed by atoms with Crippen molar-refractivity contribution in [3.8, 4) is 11.5 Å². The van der Waals surface area contributed by atoms with Crippen LogP contribution < -0.4 is 14.8 Å². The van der Waals surface area contributed by atoms with Crippen LogP contribution in [0.5, 0.6) is 11.5 Å². The second-order valence-corrected chi connectivity index (χ2v) is 6.38. The summed E-state index contributed by atoms with van der Waals surface area (Å²) in [7, 11) is 3.13. The van der Waals surface area contributed by atoms with Crippen molar-refractivity contribution in [2.75, 3.05) is 26.1 Å². The quantitative estimate of drug-likeness (QED) is 0.785. The first-order valence-electron chi connectivity index (χ1n) is 8.59. The van der Waals surface area contributed by atoms with E-state index in [0.717, 1.165) is 18.4 Å². The van der Waals surface area contributed by atoms with E-state index in [2.05, 4.69) is 10.2 Å². The average Bonchev–Trinajstić information content (AvgIpc) is 3.48. The third-order valence-electron chi connectivity index (χ3n) is 4.39. The summed E-state index contributed by atoms with van der Waals surface area (Å²) < 4.78 is 23.6. The predicted molar refractivity (Wildman–Crippen MR) is 98.0 cm³/mol. The lowest BCUT2D eigenvalue weighted by Gasteiger charge is -2.22. The van der Waals surface area contributed by atoms with Crippen LogP contribution in [0.25, 0.3) is 0 Å². The summed E-state index contributed by atoms with van der Waals surface area (Å²) in [5.41, 5.74) is 1.60. The van der Waals surface area contributed by atoms with E-state index in [4.69, 9.17) is 9.47 Å². The third-order valence-corrected chi connectivity index (χ3v) is 4.39. The standard InChI is InChI=1S/C20H23FN2O3/c1-25-17-9-10-18(19(11-17)26-2)22-20(24)13-23(16-7-8-16)12-14-3-5-15(21)6-4-14/h3-6,9-11,16H,7-8,12-13H2,1-2H3,(H,22,24). The Morgan fingerprint density at radius 1 is 1.15 bits per heavy atom. The third kappa shape index (κ3) is 4.73. The van der Waals surface area contributed by atoms with Crippen LogP contribution in [0.1, 0.15) is 18.4 Å². The Bertz CT molecular complexity index is 760.